The molecule has 1 rings (SSSR count). The molecule has 1 aromatic heterocycles. The van der Waals surface area contributed by atoms with Crippen LogP contribution in [-0.4, -0.2) is 0 Å². The maximum Gasteiger partial charge on any atom is 0.0591 e. The molecule has 0 radical (unpaired) electrons. The number of hydrogen-bond donors (Lipinski definition) is 0. The van der Waals surface area contributed by atoms with Crippen LogP contribution in [0.1, 0.15) is 17.4 Å². The summed E-state index contributed by atoms with van der Waals surface area (Å²) in [6.07, 6.45) is 5.82. The normalized spacial score (nSPS) is 10.7. The SMILES string of the molecule is C=Cc1c(Cl)csc1/C=C\C. The van der Waals surface area contributed by atoms with Gasteiger partial charge in [0.15, 0.2) is 0 Å². The Morgan fingerprint density at radius 3 is 2.91 bits per heavy atom. The van der Waals surface area contributed by atoms with Gasteiger partial charge < -0.3 is 0 Å². The molecule has 58 valence electrons. The minimum absolute atomic E-state index is 0.790. The van der Waals surface area contributed by atoms with Crippen LogP contribution in [0, 0.1) is 0 Å². The molecule has 0 aromatic carbocycles. The summed E-state index contributed by atoms with van der Waals surface area (Å²) in [6.45, 7) is 5.68. The standard InChI is InChI=1S/C9H9ClS/c1-3-5-9-7(4-2)8(10)6-11-9/h3-6H,2H2,1H3/b5-3-. The minimum atomic E-state index is 0.790. The quantitative estimate of drug-likeness (QED) is 0.650. The van der Waals surface area contributed by atoms with Crippen LogP contribution in [0.25, 0.3) is 12.2 Å². The van der Waals surface area contributed by atoms with Gasteiger partial charge in [-0.2, -0.15) is 0 Å². The van der Waals surface area contributed by atoms with Gasteiger partial charge in [0, 0.05) is 15.8 Å². The molecule has 1 aromatic rings. The highest BCUT2D eigenvalue weighted by Crippen LogP contribution is 2.28. The van der Waals surface area contributed by atoms with Crippen LogP contribution >= 0.6 is 22.9 Å². The summed E-state index contributed by atoms with van der Waals surface area (Å²) in [5, 5.41) is 2.71. The molecule has 0 atom stereocenters. The van der Waals surface area contributed by atoms with Crippen molar-refractivity contribution in [2.45, 2.75) is 6.92 Å². The maximum atomic E-state index is 5.89. The molecule has 0 aliphatic carbocycles. The van der Waals surface area contributed by atoms with E-state index in [1.54, 1.807) is 17.4 Å². The molecule has 0 bridgehead atoms. The number of allylic oxidation sites excluding steroid dienone is 1. The van der Waals surface area contributed by atoms with Crippen molar-refractivity contribution >= 4 is 35.1 Å². The fourth-order valence-corrected chi connectivity index (χ4v) is 2.10. The van der Waals surface area contributed by atoms with Crippen molar-refractivity contribution in [1.82, 2.24) is 0 Å². The van der Waals surface area contributed by atoms with Gasteiger partial charge in [-0.25, -0.2) is 0 Å². The van der Waals surface area contributed by atoms with Gasteiger partial charge in [0.2, 0.25) is 0 Å². The van der Waals surface area contributed by atoms with Gasteiger partial charge in [0.1, 0.15) is 0 Å². The predicted molar refractivity (Wildman–Crippen MR) is 54.1 cm³/mol. The van der Waals surface area contributed by atoms with E-state index in [-0.39, 0.29) is 0 Å². The molecular weight excluding hydrogens is 176 g/mol. The van der Waals surface area contributed by atoms with E-state index in [0.717, 1.165) is 10.6 Å². The highest BCUT2D eigenvalue weighted by atomic mass is 35.5. The second kappa shape index (κ2) is 3.74. The molecular formula is C9H9ClS. The molecule has 0 unspecified atom stereocenters. The van der Waals surface area contributed by atoms with Gasteiger partial charge in [-0.1, -0.05) is 30.3 Å². The molecule has 0 saturated heterocycles. The average molecular weight is 185 g/mol. The van der Waals surface area contributed by atoms with E-state index < -0.39 is 0 Å². The molecule has 0 N–H and O–H groups in total. The lowest BCUT2D eigenvalue weighted by atomic mass is 10.2. The van der Waals surface area contributed by atoms with Crippen molar-refractivity contribution < 1.29 is 0 Å². The fraction of sp³-hybridized carbons (Fsp3) is 0.111. The Hall–Kier alpha value is -0.530. The smallest absolute Gasteiger partial charge is 0.0591 e. The van der Waals surface area contributed by atoms with Crippen molar-refractivity contribution in [3.8, 4) is 0 Å². The van der Waals surface area contributed by atoms with Crippen LogP contribution in [0.15, 0.2) is 18.0 Å². The second-order valence-electron chi connectivity index (χ2n) is 2.07. The van der Waals surface area contributed by atoms with Gasteiger partial charge in [-0.05, 0) is 13.0 Å². The largest absolute Gasteiger partial charge is 0.142 e. The molecule has 0 saturated carbocycles. The van der Waals surface area contributed by atoms with Crippen LogP contribution in [0.4, 0.5) is 0 Å². The van der Waals surface area contributed by atoms with Gasteiger partial charge in [0.05, 0.1) is 5.02 Å². The lowest BCUT2D eigenvalue weighted by Crippen LogP contribution is -1.68. The first-order chi connectivity index (χ1) is 5.29. The molecule has 0 aliphatic heterocycles. The van der Waals surface area contributed by atoms with Gasteiger partial charge in [0.25, 0.3) is 0 Å². The van der Waals surface area contributed by atoms with Crippen LogP contribution in [0.2, 0.25) is 5.02 Å². The number of thiophene rings is 1. The summed E-state index contributed by atoms with van der Waals surface area (Å²) in [4.78, 5) is 1.17. The topological polar surface area (TPSA) is 0 Å². The Morgan fingerprint density at radius 2 is 2.36 bits per heavy atom. The second-order valence-corrected chi connectivity index (χ2v) is 3.38. The summed E-state index contributed by atoms with van der Waals surface area (Å²) < 4.78 is 0. The Morgan fingerprint density at radius 1 is 1.64 bits per heavy atom. The first kappa shape index (κ1) is 8.57. The highest BCUT2D eigenvalue weighted by Gasteiger charge is 2.02. The predicted octanol–water partition coefficient (Wildman–Crippen LogP) is 4.08. The Balaban J connectivity index is 3.15. The van der Waals surface area contributed by atoms with E-state index in [9.17, 15) is 0 Å². The van der Waals surface area contributed by atoms with Crippen LogP contribution in [0.5, 0.6) is 0 Å². The van der Waals surface area contributed by atoms with Crippen LogP contribution in [-0.2, 0) is 0 Å². The van der Waals surface area contributed by atoms with Crippen LogP contribution < -0.4 is 0 Å². The van der Waals surface area contributed by atoms with Gasteiger partial charge in [-0.15, -0.1) is 11.3 Å². The highest BCUT2D eigenvalue weighted by molar-refractivity contribution is 7.11. The molecule has 0 fully saturated rings. The molecule has 0 spiro atoms. The summed E-state index contributed by atoms with van der Waals surface area (Å²) >= 11 is 7.52. The third kappa shape index (κ3) is 1.73. The van der Waals surface area contributed by atoms with Gasteiger partial charge >= 0.3 is 0 Å². The van der Waals surface area contributed by atoms with Crippen molar-refractivity contribution in [3.05, 3.63) is 33.5 Å². The Bertz CT molecular complexity index is 284. The summed E-state index contributed by atoms with van der Waals surface area (Å²) in [5.74, 6) is 0. The molecule has 0 nitrogen and oxygen atoms in total. The van der Waals surface area contributed by atoms with Crippen molar-refractivity contribution in [3.63, 3.8) is 0 Å². The lowest BCUT2D eigenvalue weighted by Gasteiger charge is -1.89. The Labute approximate surface area is 75.8 Å². The zero-order valence-electron chi connectivity index (χ0n) is 6.30. The monoisotopic (exact) mass is 184 g/mol. The van der Waals surface area contributed by atoms with E-state index in [1.807, 2.05) is 24.5 Å². The minimum Gasteiger partial charge on any atom is -0.142 e. The third-order valence-electron chi connectivity index (χ3n) is 1.33. The van der Waals surface area contributed by atoms with E-state index >= 15 is 0 Å². The zero-order chi connectivity index (χ0) is 8.27. The van der Waals surface area contributed by atoms with Crippen molar-refractivity contribution in [2.75, 3.05) is 0 Å². The average Bonchev–Trinajstić information content (AvgIpc) is 2.33. The van der Waals surface area contributed by atoms with Crippen molar-refractivity contribution in [2.24, 2.45) is 0 Å². The molecule has 0 amide bonds. The van der Waals surface area contributed by atoms with E-state index in [4.69, 9.17) is 11.6 Å². The van der Waals surface area contributed by atoms with E-state index in [0.29, 0.717) is 0 Å². The lowest BCUT2D eigenvalue weighted by molar-refractivity contribution is 1.76. The number of hydrogen-bond acceptors (Lipinski definition) is 1. The van der Waals surface area contributed by atoms with Crippen molar-refractivity contribution in [1.29, 1.82) is 0 Å². The zero-order valence-corrected chi connectivity index (χ0v) is 7.88. The maximum absolute atomic E-state index is 5.89. The first-order valence-electron chi connectivity index (χ1n) is 3.31. The van der Waals surface area contributed by atoms with Crippen LogP contribution in [0.3, 0.4) is 0 Å². The molecule has 2 heteroatoms. The third-order valence-corrected chi connectivity index (χ3v) is 2.74. The number of rotatable bonds is 2. The summed E-state index contributed by atoms with van der Waals surface area (Å²) in [6, 6.07) is 0. The van der Waals surface area contributed by atoms with E-state index in [1.165, 1.54) is 4.88 Å². The molecule has 11 heavy (non-hydrogen) atoms. The number of halogens is 1. The Kier molecular flexibility index (Phi) is 2.92. The summed E-state index contributed by atoms with van der Waals surface area (Å²) in [7, 11) is 0. The fourth-order valence-electron chi connectivity index (χ4n) is 0.838. The van der Waals surface area contributed by atoms with Gasteiger partial charge in [-0.3, -0.25) is 0 Å². The summed E-state index contributed by atoms with van der Waals surface area (Å²) in [5.41, 5.74) is 1.04. The molecule has 0 aliphatic rings. The van der Waals surface area contributed by atoms with E-state index in [2.05, 4.69) is 6.58 Å². The first-order valence-corrected chi connectivity index (χ1v) is 4.57. The molecule has 1 heterocycles.